The van der Waals surface area contributed by atoms with E-state index in [1.54, 1.807) is 25.3 Å². The zero-order valence-electron chi connectivity index (χ0n) is 13.3. The molecule has 0 aliphatic heterocycles. The fourth-order valence-corrected chi connectivity index (χ4v) is 2.55. The average Bonchev–Trinajstić information content (AvgIpc) is 2.61. The lowest BCUT2D eigenvalue weighted by molar-refractivity contribution is 0.0601. The minimum atomic E-state index is -0.467. The van der Waals surface area contributed by atoms with E-state index in [1.165, 1.54) is 7.11 Å². The van der Waals surface area contributed by atoms with Crippen LogP contribution < -0.4 is 10.3 Å². The quantitative estimate of drug-likeness (QED) is 0.745. The summed E-state index contributed by atoms with van der Waals surface area (Å²) in [5.41, 5.74) is 1.46. The van der Waals surface area contributed by atoms with Crippen molar-refractivity contribution in [3.05, 3.63) is 69.8 Å². The lowest BCUT2D eigenvalue weighted by atomic mass is 10.1. The molecule has 1 N–H and O–H groups in total. The molecule has 24 heavy (non-hydrogen) atoms. The third-order valence-corrected chi connectivity index (χ3v) is 3.73. The Kier molecular flexibility index (Phi) is 4.29. The van der Waals surface area contributed by atoms with Crippen LogP contribution in [0, 0.1) is 0 Å². The number of nitrogens with one attached hydrogen (secondary N) is 1. The van der Waals surface area contributed by atoms with Crippen LogP contribution in [-0.4, -0.2) is 30.2 Å². The number of ether oxygens (including phenoxy) is 2. The van der Waals surface area contributed by atoms with Crippen molar-refractivity contribution in [2.24, 2.45) is 0 Å². The van der Waals surface area contributed by atoms with Gasteiger partial charge in [-0.3, -0.25) is 4.79 Å². The summed E-state index contributed by atoms with van der Waals surface area (Å²) in [5, 5.41) is 0.423. The average molecular weight is 324 g/mol. The molecule has 2 aromatic carbocycles. The Morgan fingerprint density at radius 1 is 1.17 bits per heavy atom. The molecule has 0 amide bonds. The normalized spacial score (nSPS) is 10.6. The van der Waals surface area contributed by atoms with E-state index in [2.05, 4.69) is 9.97 Å². The van der Waals surface area contributed by atoms with Crippen LogP contribution in [-0.2, 0) is 11.2 Å². The number of benzene rings is 2. The number of aromatic nitrogens is 2. The molecular formula is C18H16N2O4. The topological polar surface area (TPSA) is 81.3 Å². The second kappa shape index (κ2) is 6.54. The molecule has 0 aliphatic rings. The van der Waals surface area contributed by atoms with Gasteiger partial charge in [-0.1, -0.05) is 18.2 Å². The Morgan fingerprint density at radius 3 is 2.71 bits per heavy atom. The van der Waals surface area contributed by atoms with Crippen LogP contribution in [0.5, 0.6) is 5.75 Å². The number of nitrogens with zero attached hydrogens (tertiary/aromatic N) is 1. The lowest BCUT2D eigenvalue weighted by Gasteiger charge is -2.08. The van der Waals surface area contributed by atoms with Crippen LogP contribution in [0.2, 0.25) is 0 Å². The van der Waals surface area contributed by atoms with Gasteiger partial charge >= 0.3 is 5.97 Å². The Labute approximate surface area is 138 Å². The maximum absolute atomic E-state index is 12.3. The molecule has 1 heterocycles. The van der Waals surface area contributed by atoms with E-state index in [1.807, 2.05) is 24.3 Å². The summed E-state index contributed by atoms with van der Waals surface area (Å²) in [6.07, 6.45) is 0.414. The van der Waals surface area contributed by atoms with E-state index in [4.69, 9.17) is 9.47 Å². The maximum Gasteiger partial charge on any atom is 0.337 e. The van der Waals surface area contributed by atoms with Gasteiger partial charge < -0.3 is 14.5 Å². The summed E-state index contributed by atoms with van der Waals surface area (Å²) in [5.74, 6) is 0.757. The number of aromatic amines is 1. The third kappa shape index (κ3) is 2.99. The van der Waals surface area contributed by atoms with E-state index in [-0.39, 0.29) is 5.56 Å². The first-order valence-corrected chi connectivity index (χ1v) is 7.35. The molecule has 0 bridgehead atoms. The number of esters is 1. The molecule has 0 aliphatic carbocycles. The van der Waals surface area contributed by atoms with Gasteiger partial charge in [0.25, 0.3) is 5.56 Å². The first-order chi connectivity index (χ1) is 11.6. The number of H-pyrrole nitrogens is 1. The lowest BCUT2D eigenvalue weighted by Crippen LogP contribution is -2.13. The largest absolute Gasteiger partial charge is 0.496 e. The van der Waals surface area contributed by atoms with Crippen LogP contribution in [0.4, 0.5) is 0 Å². The van der Waals surface area contributed by atoms with Gasteiger partial charge in [0.05, 0.1) is 30.7 Å². The predicted molar refractivity (Wildman–Crippen MR) is 89.5 cm³/mol. The van der Waals surface area contributed by atoms with Crippen molar-refractivity contribution >= 4 is 16.9 Å². The summed E-state index contributed by atoms with van der Waals surface area (Å²) in [7, 11) is 2.91. The molecular weight excluding hydrogens is 308 g/mol. The Bertz CT molecular complexity index is 963. The van der Waals surface area contributed by atoms with Crippen molar-refractivity contribution < 1.29 is 14.3 Å². The van der Waals surface area contributed by atoms with Crippen LogP contribution >= 0.6 is 0 Å². The van der Waals surface area contributed by atoms with Gasteiger partial charge in [0.1, 0.15) is 11.6 Å². The Balaban J connectivity index is 2.06. The fraction of sp³-hybridized carbons (Fsp3) is 0.167. The van der Waals surface area contributed by atoms with Crippen LogP contribution in [0.1, 0.15) is 21.7 Å². The molecule has 1 aromatic heterocycles. The second-order valence-electron chi connectivity index (χ2n) is 5.22. The summed E-state index contributed by atoms with van der Waals surface area (Å²) in [6, 6.07) is 12.2. The van der Waals surface area contributed by atoms with E-state index >= 15 is 0 Å². The molecule has 0 fully saturated rings. The zero-order valence-corrected chi connectivity index (χ0v) is 13.3. The van der Waals surface area contributed by atoms with E-state index in [0.717, 1.165) is 11.3 Å². The van der Waals surface area contributed by atoms with Crippen LogP contribution in [0.3, 0.4) is 0 Å². The maximum atomic E-state index is 12.3. The molecule has 3 rings (SSSR count). The van der Waals surface area contributed by atoms with E-state index in [9.17, 15) is 9.59 Å². The fourth-order valence-electron chi connectivity index (χ4n) is 2.55. The van der Waals surface area contributed by atoms with Crippen molar-refractivity contribution in [2.75, 3.05) is 14.2 Å². The standard InChI is InChI=1S/C18H16N2O4/c1-23-15-6-4-3-5-11(15)10-16-19-14-9-12(18(22)24-2)7-8-13(14)17(21)20-16/h3-9H,10H2,1-2H3,(H,19,20,21). The molecule has 122 valence electrons. The van der Waals surface area contributed by atoms with Crippen molar-refractivity contribution in [2.45, 2.75) is 6.42 Å². The molecule has 6 nitrogen and oxygen atoms in total. The minimum absolute atomic E-state index is 0.249. The summed E-state index contributed by atoms with van der Waals surface area (Å²) < 4.78 is 10.0. The monoisotopic (exact) mass is 324 g/mol. The third-order valence-electron chi connectivity index (χ3n) is 3.73. The zero-order chi connectivity index (χ0) is 17.1. The molecule has 0 atom stereocenters. The van der Waals surface area contributed by atoms with Gasteiger partial charge in [-0.25, -0.2) is 9.78 Å². The highest BCUT2D eigenvalue weighted by Gasteiger charge is 2.11. The first kappa shape index (κ1) is 15.7. The number of hydrogen-bond acceptors (Lipinski definition) is 5. The summed E-state index contributed by atoms with van der Waals surface area (Å²) in [6.45, 7) is 0. The van der Waals surface area contributed by atoms with Gasteiger partial charge in [0, 0.05) is 12.0 Å². The second-order valence-corrected chi connectivity index (χ2v) is 5.22. The highest BCUT2D eigenvalue weighted by atomic mass is 16.5. The van der Waals surface area contributed by atoms with Gasteiger partial charge in [0.15, 0.2) is 0 Å². The first-order valence-electron chi connectivity index (χ1n) is 7.35. The number of fused-ring (bicyclic) bond motifs is 1. The van der Waals surface area contributed by atoms with E-state index < -0.39 is 5.97 Å². The number of hydrogen-bond donors (Lipinski definition) is 1. The molecule has 0 spiro atoms. The van der Waals surface area contributed by atoms with Gasteiger partial charge in [-0.2, -0.15) is 0 Å². The highest BCUT2D eigenvalue weighted by Crippen LogP contribution is 2.20. The summed E-state index contributed by atoms with van der Waals surface area (Å²) in [4.78, 5) is 31.1. The molecule has 6 heteroatoms. The predicted octanol–water partition coefficient (Wildman–Crippen LogP) is 2.31. The van der Waals surface area contributed by atoms with Gasteiger partial charge in [-0.15, -0.1) is 0 Å². The summed E-state index contributed by atoms with van der Waals surface area (Å²) >= 11 is 0. The smallest absolute Gasteiger partial charge is 0.337 e. The molecule has 0 unspecified atom stereocenters. The minimum Gasteiger partial charge on any atom is -0.496 e. The van der Waals surface area contributed by atoms with Gasteiger partial charge in [-0.05, 0) is 24.3 Å². The van der Waals surface area contributed by atoms with Gasteiger partial charge in [0.2, 0.25) is 0 Å². The van der Waals surface area contributed by atoms with Crippen molar-refractivity contribution in [1.29, 1.82) is 0 Å². The molecule has 0 radical (unpaired) electrons. The van der Waals surface area contributed by atoms with Crippen LogP contribution in [0.15, 0.2) is 47.3 Å². The Hall–Kier alpha value is -3.15. The molecule has 0 saturated carbocycles. The number of carbonyl (C=O) groups is 1. The number of rotatable bonds is 4. The number of para-hydroxylation sites is 1. The SMILES string of the molecule is COC(=O)c1ccc2c(=O)[nH]c(Cc3ccccc3OC)nc2c1. The molecule has 0 saturated heterocycles. The highest BCUT2D eigenvalue weighted by molar-refractivity contribution is 5.93. The number of carbonyl (C=O) groups excluding carboxylic acids is 1. The number of methoxy groups -OCH3 is 2. The van der Waals surface area contributed by atoms with Crippen molar-refractivity contribution in [3.63, 3.8) is 0 Å². The van der Waals surface area contributed by atoms with Crippen molar-refractivity contribution in [3.8, 4) is 5.75 Å². The molecule has 3 aromatic rings. The van der Waals surface area contributed by atoms with Crippen molar-refractivity contribution in [1.82, 2.24) is 9.97 Å². The van der Waals surface area contributed by atoms with Crippen LogP contribution in [0.25, 0.3) is 10.9 Å². The van der Waals surface area contributed by atoms with E-state index in [0.29, 0.717) is 28.7 Å². The Morgan fingerprint density at radius 2 is 1.96 bits per heavy atom.